The van der Waals surface area contributed by atoms with E-state index in [9.17, 15) is 12.8 Å². The third-order valence-corrected chi connectivity index (χ3v) is 6.22. The number of benzene rings is 1. The second-order valence-electron chi connectivity index (χ2n) is 4.90. The highest BCUT2D eigenvalue weighted by molar-refractivity contribution is 9.10. The molecule has 1 aliphatic carbocycles. The number of sulfonamides is 1. The Bertz CT molecular complexity index is 594. The van der Waals surface area contributed by atoms with Crippen LogP contribution >= 0.6 is 15.9 Å². The van der Waals surface area contributed by atoms with Crippen molar-refractivity contribution >= 4 is 31.6 Å². The van der Waals surface area contributed by atoms with Crippen LogP contribution in [-0.2, 0) is 10.0 Å². The summed E-state index contributed by atoms with van der Waals surface area (Å²) in [7, 11) is -3.70. The van der Waals surface area contributed by atoms with Gasteiger partial charge in [0, 0.05) is 10.0 Å². The molecule has 0 amide bonds. The summed E-state index contributed by atoms with van der Waals surface area (Å²) >= 11 is 3.07. The monoisotopic (exact) mass is 350 g/mol. The van der Waals surface area contributed by atoms with Gasteiger partial charge < -0.3 is 5.73 Å². The topological polar surface area (TPSA) is 72.2 Å². The van der Waals surface area contributed by atoms with Gasteiger partial charge in [0.2, 0.25) is 10.0 Å². The highest BCUT2D eigenvalue weighted by Crippen LogP contribution is 2.37. The van der Waals surface area contributed by atoms with Crippen molar-refractivity contribution in [2.45, 2.75) is 43.0 Å². The predicted molar refractivity (Wildman–Crippen MR) is 75.7 cm³/mol. The summed E-state index contributed by atoms with van der Waals surface area (Å²) in [6.07, 6.45) is 3.41. The van der Waals surface area contributed by atoms with Crippen LogP contribution in [0.15, 0.2) is 21.5 Å². The van der Waals surface area contributed by atoms with Crippen molar-refractivity contribution in [2.75, 3.05) is 5.73 Å². The first-order valence-electron chi connectivity index (χ1n) is 6.08. The molecule has 1 aromatic carbocycles. The number of nitrogens with two attached hydrogens (primary N) is 1. The van der Waals surface area contributed by atoms with Crippen LogP contribution in [0.1, 0.15) is 32.6 Å². The third-order valence-electron chi connectivity index (χ3n) is 3.68. The molecular formula is C12H16BrFN2O2S. The summed E-state index contributed by atoms with van der Waals surface area (Å²) in [5, 5.41) is 0. The summed E-state index contributed by atoms with van der Waals surface area (Å²) < 4.78 is 40.9. The summed E-state index contributed by atoms with van der Waals surface area (Å²) in [4.78, 5) is -0.0221. The van der Waals surface area contributed by atoms with Gasteiger partial charge in [0.25, 0.3) is 0 Å². The van der Waals surface area contributed by atoms with Gasteiger partial charge in [0.05, 0.1) is 10.6 Å². The molecule has 0 saturated heterocycles. The SMILES string of the molecule is CCC1(NS(=O)(=O)c2cc(N)c(F)cc2Br)CCC1. The third kappa shape index (κ3) is 2.78. The van der Waals surface area contributed by atoms with E-state index in [2.05, 4.69) is 20.7 Å². The molecule has 7 heteroatoms. The Morgan fingerprint density at radius 3 is 2.58 bits per heavy atom. The van der Waals surface area contributed by atoms with Gasteiger partial charge in [0.1, 0.15) is 5.82 Å². The van der Waals surface area contributed by atoms with Crippen molar-refractivity contribution < 1.29 is 12.8 Å². The van der Waals surface area contributed by atoms with Gasteiger partial charge in [-0.1, -0.05) is 6.92 Å². The summed E-state index contributed by atoms with van der Waals surface area (Å²) in [6.45, 7) is 1.95. The van der Waals surface area contributed by atoms with Gasteiger partial charge in [-0.15, -0.1) is 0 Å². The molecule has 0 atom stereocenters. The Morgan fingerprint density at radius 1 is 1.47 bits per heavy atom. The quantitative estimate of drug-likeness (QED) is 0.820. The van der Waals surface area contributed by atoms with Crippen molar-refractivity contribution in [1.29, 1.82) is 0 Å². The molecule has 1 aliphatic rings. The number of nitrogen functional groups attached to an aromatic ring is 1. The van der Waals surface area contributed by atoms with Gasteiger partial charge in [-0.05, 0) is 53.7 Å². The maximum absolute atomic E-state index is 13.3. The zero-order valence-corrected chi connectivity index (χ0v) is 12.9. The first-order chi connectivity index (χ1) is 8.80. The summed E-state index contributed by atoms with van der Waals surface area (Å²) in [5.41, 5.74) is 4.90. The van der Waals surface area contributed by atoms with Crippen molar-refractivity contribution in [3.63, 3.8) is 0 Å². The molecule has 0 radical (unpaired) electrons. The van der Waals surface area contributed by atoms with Crippen LogP contribution in [-0.4, -0.2) is 14.0 Å². The molecule has 0 aliphatic heterocycles. The lowest BCUT2D eigenvalue weighted by atomic mass is 9.76. The van der Waals surface area contributed by atoms with E-state index in [0.29, 0.717) is 0 Å². The standard InChI is InChI=1S/C12H16BrFN2O2S/c1-2-12(4-3-5-12)16-19(17,18)11-7-10(15)9(14)6-8(11)13/h6-7,16H,2-5,15H2,1H3. The van der Waals surface area contributed by atoms with Gasteiger partial charge >= 0.3 is 0 Å². The summed E-state index contributed by atoms with van der Waals surface area (Å²) in [6, 6.07) is 2.22. The Balaban J connectivity index is 2.37. The number of rotatable bonds is 4. The lowest BCUT2D eigenvalue weighted by Crippen LogP contribution is -2.52. The van der Waals surface area contributed by atoms with E-state index in [1.165, 1.54) is 0 Å². The lowest BCUT2D eigenvalue weighted by Gasteiger charge is -2.41. The fourth-order valence-corrected chi connectivity index (χ4v) is 4.80. The maximum Gasteiger partial charge on any atom is 0.242 e. The van der Waals surface area contributed by atoms with E-state index in [1.807, 2.05) is 6.92 Å². The number of hydrogen-bond donors (Lipinski definition) is 2. The minimum Gasteiger partial charge on any atom is -0.396 e. The van der Waals surface area contributed by atoms with Crippen molar-refractivity contribution in [1.82, 2.24) is 4.72 Å². The van der Waals surface area contributed by atoms with Crippen LogP contribution in [0.2, 0.25) is 0 Å². The fourth-order valence-electron chi connectivity index (χ4n) is 2.22. The van der Waals surface area contributed by atoms with Gasteiger partial charge in [-0.25, -0.2) is 17.5 Å². The van der Waals surface area contributed by atoms with Crippen LogP contribution in [0.5, 0.6) is 0 Å². The first kappa shape index (κ1) is 14.7. The maximum atomic E-state index is 13.3. The van der Waals surface area contributed by atoms with E-state index in [4.69, 9.17) is 5.73 Å². The highest BCUT2D eigenvalue weighted by Gasteiger charge is 2.39. The first-order valence-corrected chi connectivity index (χ1v) is 8.36. The molecule has 1 aromatic rings. The minimum atomic E-state index is -3.70. The molecule has 1 fully saturated rings. The van der Waals surface area contributed by atoms with Crippen LogP contribution < -0.4 is 10.5 Å². The summed E-state index contributed by atoms with van der Waals surface area (Å²) in [5.74, 6) is -0.639. The van der Waals surface area contributed by atoms with E-state index < -0.39 is 15.8 Å². The largest absolute Gasteiger partial charge is 0.396 e. The van der Waals surface area contributed by atoms with Gasteiger partial charge in [0.15, 0.2) is 0 Å². The van der Waals surface area contributed by atoms with Gasteiger partial charge in [-0.3, -0.25) is 0 Å². The molecule has 1 saturated carbocycles. The van der Waals surface area contributed by atoms with Crippen LogP contribution in [0.3, 0.4) is 0 Å². The Kier molecular flexibility index (Phi) is 3.90. The molecule has 2 rings (SSSR count). The minimum absolute atomic E-state index is 0.0221. The highest BCUT2D eigenvalue weighted by atomic mass is 79.9. The molecule has 4 nitrogen and oxygen atoms in total. The zero-order chi connectivity index (χ0) is 14.3. The molecular weight excluding hydrogens is 335 g/mol. The van der Waals surface area contributed by atoms with Crippen molar-refractivity contribution in [3.8, 4) is 0 Å². The second-order valence-corrected chi connectivity index (χ2v) is 7.40. The Morgan fingerprint density at radius 2 is 2.11 bits per heavy atom. The van der Waals surface area contributed by atoms with E-state index in [0.717, 1.165) is 37.8 Å². The van der Waals surface area contributed by atoms with Gasteiger partial charge in [-0.2, -0.15) is 0 Å². The zero-order valence-electron chi connectivity index (χ0n) is 10.5. The van der Waals surface area contributed by atoms with E-state index in [1.54, 1.807) is 0 Å². The molecule has 0 spiro atoms. The second kappa shape index (κ2) is 5.03. The molecule has 19 heavy (non-hydrogen) atoms. The van der Waals surface area contributed by atoms with E-state index >= 15 is 0 Å². The Hall–Kier alpha value is -0.660. The molecule has 0 bridgehead atoms. The van der Waals surface area contributed by atoms with Crippen LogP contribution in [0.4, 0.5) is 10.1 Å². The fraction of sp³-hybridized carbons (Fsp3) is 0.500. The number of halogens is 2. The number of hydrogen-bond acceptors (Lipinski definition) is 3. The Labute approximate surface area is 120 Å². The molecule has 106 valence electrons. The van der Waals surface area contributed by atoms with Crippen molar-refractivity contribution in [2.24, 2.45) is 0 Å². The average molecular weight is 351 g/mol. The van der Waals surface area contributed by atoms with Crippen LogP contribution in [0.25, 0.3) is 0 Å². The lowest BCUT2D eigenvalue weighted by molar-refractivity contribution is 0.214. The molecule has 0 heterocycles. The number of anilines is 1. The smallest absolute Gasteiger partial charge is 0.242 e. The van der Waals surface area contributed by atoms with E-state index in [-0.39, 0.29) is 20.6 Å². The predicted octanol–water partition coefficient (Wildman–Crippen LogP) is 2.78. The molecule has 0 aromatic heterocycles. The van der Waals surface area contributed by atoms with Crippen LogP contribution in [0, 0.1) is 5.82 Å². The van der Waals surface area contributed by atoms with Crippen molar-refractivity contribution in [3.05, 3.63) is 22.4 Å². The molecule has 0 unspecified atom stereocenters. The normalized spacial score (nSPS) is 18.1. The molecule has 3 N–H and O–H groups in total. The number of nitrogens with one attached hydrogen (secondary N) is 1. The average Bonchev–Trinajstić information content (AvgIpc) is 2.28.